The summed E-state index contributed by atoms with van der Waals surface area (Å²) in [6.07, 6.45) is 6.11. The fourth-order valence-electron chi connectivity index (χ4n) is 5.92. The van der Waals surface area contributed by atoms with E-state index in [0.29, 0.717) is 17.3 Å². The highest BCUT2D eigenvalue weighted by Gasteiger charge is 2.40. The lowest BCUT2D eigenvalue weighted by Crippen LogP contribution is -2.47. The molecule has 4 unspecified atom stereocenters. The molecular formula is C34H40N2O4. The Balaban J connectivity index is 1.40. The van der Waals surface area contributed by atoms with Crippen LogP contribution in [0.1, 0.15) is 72.0 Å². The van der Waals surface area contributed by atoms with E-state index < -0.39 is 6.29 Å². The van der Waals surface area contributed by atoms with Gasteiger partial charge in [-0.2, -0.15) is 0 Å². The fraction of sp³-hybridized carbons (Fsp3) is 0.382. The summed E-state index contributed by atoms with van der Waals surface area (Å²) >= 11 is 0. The van der Waals surface area contributed by atoms with Crippen molar-refractivity contribution >= 4 is 11.6 Å². The molecule has 5 rings (SSSR count). The summed E-state index contributed by atoms with van der Waals surface area (Å²) in [7, 11) is 0. The van der Waals surface area contributed by atoms with Gasteiger partial charge in [0.2, 0.25) is 0 Å². The van der Waals surface area contributed by atoms with Gasteiger partial charge >= 0.3 is 0 Å². The van der Waals surface area contributed by atoms with E-state index in [1.165, 1.54) is 25.7 Å². The Labute approximate surface area is 237 Å². The van der Waals surface area contributed by atoms with Crippen molar-refractivity contribution in [3.63, 3.8) is 0 Å². The standard InChI is InChI=1S/C34H40N2O4/c1-3-20-36(30-14-7-8-15-30)22-31-24(2)32(26-18-16-25(23-37)17-19-26)40-34(39-31)28-12-9-13-29(21-28)35-33(38)27-10-5-4-6-11-27/h3-6,9-13,16-19,21,24,30-32,34,37H,1,7-8,14-15,20,22-23H2,2H3,(H,35,38). The maximum absolute atomic E-state index is 12.8. The van der Waals surface area contributed by atoms with Gasteiger partial charge in [-0.1, -0.05) is 80.4 Å². The Morgan fingerprint density at radius 2 is 1.75 bits per heavy atom. The number of amides is 1. The minimum Gasteiger partial charge on any atom is -0.392 e. The Morgan fingerprint density at radius 1 is 1.00 bits per heavy atom. The predicted octanol–water partition coefficient (Wildman–Crippen LogP) is 6.65. The van der Waals surface area contributed by atoms with Crippen molar-refractivity contribution in [2.45, 2.75) is 63.8 Å². The highest BCUT2D eigenvalue weighted by Crippen LogP contribution is 2.42. The molecule has 1 aliphatic heterocycles. The van der Waals surface area contributed by atoms with Crippen LogP contribution in [-0.2, 0) is 16.1 Å². The monoisotopic (exact) mass is 540 g/mol. The van der Waals surface area contributed by atoms with Crippen molar-refractivity contribution < 1.29 is 19.4 Å². The number of benzene rings is 3. The van der Waals surface area contributed by atoms with Crippen LogP contribution in [0.3, 0.4) is 0 Å². The molecule has 0 bridgehead atoms. The number of ether oxygens (including phenoxy) is 2. The lowest BCUT2D eigenvalue weighted by molar-refractivity contribution is -0.276. The van der Waals surface area contributed by atoms with Gasteiger partial charge in [-0.05, 0) is 48.2 Å². The second-order valence-electron chi connectivity index (χ2n) is 10.9. The molecular weight excluding hydrogens is 500 g/mol. The largest absolute Gasteiger partial charge is 0.392 e. The first kappa shape index (κ1) is 28.2. The van der Waals surface area contributed by atoms with Gasteiger partial charge in [-0.15, -0.1) is 6.58 Å². The number of aliphatic hydroxyl groups excluding tert-OH is 1. The second kappa shape index (κ2) is 13.4. The van der Waals surface area contributed by atoms with Crippen LogP contribution in [0.2, 0.25) is 0 Å². The van der Waals surface area contributed by atoms with Gasteiger partial charge in [-0.3, -0.25) is 9.69 Å². The van der Waals surface area contributed by atoms with Crippen molar-refractivity contribution in [2.75, 3.05) is 18.4 Å². The Hall–Kier alpha value is -3.29. The maximum Gasteiger partial charge on any atom is 0.255 e. The zero-order chi connectivity index (χ0) is 27.9. The van der Waals surface area contributed by atoms with Crippen LogP contribution in [0.25, 0.3) is 0 Å². The van der Waals surface area contributed by atoms with E-state index in [9.17, 15) is 9.90 Å². The summed E-state index contributed by atoms with van der Waals surface area (Å²) in [5.41, 5.74) is 4.09. The van der Waals surface area contributed by atoms with Gasteiger partial charge in [0, 0.05) is 41.9 Å². The Kier molecular flexibility index (Phi) is 9.45. The number of carbonyl (C=O) groups excluding carboxylic acids is 1. The smallest absolute Gasteiger partial charge is 0.255 e. The number of nitrogens with one attached hydrogen (secondary N) is 1. The van der Waals surface area contributed by atoms with Crippen molar-refractivity contribution in [1.29, 1.82) is 0 Å². The molecule has 2 fully saturated rings. The third-order valence-corrected chi connectivity index (χ3v) is 8.20. The number of hydrogen-bond acceptors (Lipinski definition) is 5. The first-order valence-corrected chi connectivity index (χ1v) is 14.4. The third kappa shape index (κ3) is 6.70. The summed E-state index contributed by atoms with van der Waals surface area (Å²) in [5, 5.41) is 12.5. The molecule has 3 aromatic carbocycles. The first-order chi connectivity index (χ1) is 19.6. The van der Waals surface area contributed by atoms with Crippen LogP contribution in [0, 0.1) is 5.92 Å². The minimum absolute atomic E-state index is 0.00904. The molecule has 40 heavy (non-hydrogen) atoms. The SMILES string of the molecule is C=CCN(CC1OC(c2cccc(NC(=O)c3ccccc3)c2)OC(c2ccc(CO)cc2)C1C)C1CCCC1. The van der Waals surface area contributed by atoms with E-state index in [-0.39, 0.29) is 30.6 Å². The normalized spacial score (nSPS) is 23.3. The lowest BCUT2D eigenvalue weighted by Gasteiger charge is -2.43. The zero-order valence-corrected chi connectivity index (χ0v) is 23.2. The molecule has 210 valence electrons. The van der Waals surface area contributed by atoms with E-state index in [2.05, 4.69) is 23.7 Å². The number of anilines is 1. The molecule has 1 saturated carbocycles. The van der Waals surface area contributed by atoms with Crippen molar-refractivity contribution in [3.05, 3.63) is 114 Å². The molecule has 1 aliphatic carbocycles. The quantitative estimate of drug-likeness (QED) is 0.282. The summed E-state index contributed by atoms with van der Waals surface area (Å²) < 4.78 is 13.4. The maximum atomic E-state index is 12.8. The van der Waals surface area contributed by atoms with Gasteiger partial charge in [0.1, 0.15) is 0 Å². The molecule has 3 aromatic rings. The van der Waals surface area contributed by atoms with Crippen LogP contribution >= 0.6 is 0 Å². The summed E-state index contributed by atoms with van der Waals surface area (Å²) in [6, 6.07) is 25.4. The van der Waals surface area contributed by atoms with E-state index in [4.69, 9.17) is 9.47 Å². The zero-order valence-electron chi connectivity index (χ0n) is 23.2. The highest BCUT2D eigenvalue weighted by atomic mass is 16.7. The molecule has 1 saturated heterocycles. The summed E-state index contributed by atoms with van der Waals surface area (Å²) in [4.78, 5) is 15.3. The van der Waals surface area contributed by atoms with Gasteiger partial charge in [-0.25, -0.2) is 0 Å². The molecule has 6 heteroatoms. The molecule has 0 radical (unpaired) electrons. The highest BCUT2D eigenvalue weighted by molar-refractivity contribution is 6.04. The Morgan fingerprint density at radius 3 is 2.45 bits per heavy atom. The van der Waals surface area contributed by atoms with Crippen LogP contribution in [0.4, 0.5) is 5.69 Å². The van der Waals surface area contributed by atoms with E-state index in [0.717, 1.165) is 29.8 Å². The third-order valence-electron chi connectivity index (χ3n) is 8.20. The molecule has 0 aromatic heterocycles. The lowest BCUT2D eigenvalue weighted by atomic mass is 9.89. The van der Waals surface area contributed by atoms with Gasteiger partial charge in [0.05, 0.1) is 18.8 Å². The van der Waals surface area contributed by atoms with Crippen LogP contribution in [0.5, 0.6) is 0 Å². The van der Waals surface area contributed by atoms with Crippen molar-refractivity contribution in [2.24, 2.45) is 5.92 Å². The minimum atomic E-state index is -0.591. The number of nitrogens with zero attached hydrogens (tertiary/aromatic N) is 1. The molecule has 2 aliphatic rings. The fourth-order valence-corrected chi connectivity index (χ4v) is 5.92. The molecule has 1 heterocycles. The number of aliphatic hydroxyl groups is 1. The molecule has 6 nitrogen and oxygen atoms in total. The van der Waals surface area contributed by atoms with E-state index >= 15 is 0 Å². The molecule has 2 N–H and O–H groups in total. The van der Waals surface area contributed by atoms with E-state index in [1.807, 2.05) is 72.8 Å². The van der Waals surface area contributed by atoms with Gasteiger partial charge in [0.15, 0.2) is 6.29 Å². The molecule has 0 spiro atoms. The average Bonchev–Trinajstić information content (AvgIpc) is 3.54. The van der Waals surface area contributed by atoms with Crippen molar-refractivity contribution in [1.82, 2.24) is 4.90 Å². The predicted molar refractivity (Wildman–Crippen MR) is 158 cm³/mol. The Bertz CT molecular complexity index is 1260. The second-order valence-corrected chi connectivity index (χ2v) is 10.9. The summed E-state index contributed by atoms with van der Waals surface area (Å²) in [6.45, 7) is 7.86. The molecule has 1 amide bonds. The number of carbonyl (C=O) groups is 1. The topological polar surface area (TPSA) is 71.0 Å². The number of hydrogen-bond donors (Lipinski definition) is 2. The van der Waals surface area contributed by atoms with E-state index in [1.54, 1.807) is 12.1 Å². The summed E-state index contributed by atoms with van der Waals surface area (Å²) in [5.74, 6) is -0.0564. The van der Waals surface area contributed by atoms with Crippen LogP contribution < -0.4 is 5.32 Å². The van der Waals surface area contributed by atoms with Crippen LogP contribution in [0.15, 0.2) is 91.5 Å². The van der Waals surface area contributed by atoms with Crippen LogP contribution in [-0.4, -0.2) is 41.1 Å². The van der Waals surface area contributed by atoms with Gasteiger partial charge < -0.3 is 19.9 Å². The average molecular weight is 541 g/mol. The number of rotatable bonds is 10. The van der Waals surface area contributed by atoms with Gasteiger partial charge in [0.25, 0.3) is 5.91 Å². The molecule has 4 atom stereocenters. The van der Waals surface area contributed by atoms with Crippen molar-refractivity contribution in [3.8, 4) is 0 Å². The first-order valence-electron chi connectivity index (χ1n) is 14.4.